The Labute approximate surface area is 104 Å². The van der Waals surface area contributed by atoms with E-state index in [1.807, 2.05) is 11.3 Å². The summed E-state index contributed by atoms with van der Waals surface area (Å²) in [6, 6.07) is 2.82. The number of aryl methyl sites for hydroxylation is 1. The summed E-state index contributed by atoms with van der Waals surface area (Å²) in [5.74, 6) is 0.860. The van der Waals surface area contributed by atoms with Gasteiger partial charge in [-0.3, -0.25) is 0 Å². The molecule has 3 heteroatoms. The second-order valence-electron chi connectivity index (χ2n) is 4.30. The molecule has 2 rings (SSSR count). The van der Waals surface area contributed by atoms with Crippen LogP contribution in [0.15, 0.2) is 10.5 Å². The summed E-state index contributed by atoms with van der Waals surface area (Å²) < 4.78 is 1.29. The molecule has 1 nitrogen and oxygen atoms in total. The Balaban J connectivity index is 2.19. The van der Waals surface area contributed by atoms with E-state index in [1.165, 1.54) is 33.5 Å². The van der Waals surface area contributed by atoms with E-state index in [0.29, 0.717) is 6.04 Å². The average molecular weight is 288 g/mol. The molecule has 0 aromatic carbocycles. The first-order valence-corrected chi connectivity index (χ1v) is 7.32. The highest BCUT2D eigenvalue weighted by Gasteiger charge is 2.30. The van der Waals surface area contributed by atoms with Crippen LogP contribution in [0.4, 0.5) is 0 Å². The topological polar surface area (TPSA) is 12.0 Å². The van der Waals surface area contributed by atoms with Gasteiger partial charge in [-0.2, -0.15) is 0 Å². The molecule has 1 atom stereocenters. The molecule has 0 bridgehead atoms. The molecular weight excluding hydrogens is 270 g/mol. The molecular formula is C12H18BrNS. The standard InChI is InChI=1S/C12H18BrNS/c1-3-14-11(9-5-4-6-9)12-10(13)7-8(2)15-12/h7,9,11,14H,3-6H2,1-2H3. The summed E-state index contributed by atoms with van der Waals surface area (Å²) in [4.78, 5) is 2.90. The molecule has 1 aliphatic carbocycles. The first-order valence-electron chi connectivity index (χ1n) is 5.71. The first-order chi connectivity index (χ1) is 7.22. The normalized spacial score (nSPS) is 18.9. The Bertz CT molecular complexity index is 330. The van der Waals surface area contributed by atoms with Crippen molar-refractivity contribution in [2.75, 3.05) is 6.54 Å². The monoisotopic (exact) mass is 287 g/mol. The molecule has 0 amide bonds. The third-order valence-electron chi connectivity index (χ3n) is 3.16. The molecule has 1 unspecified atom stereocenters. The van der Waals surface area contributed by atoms with E-state index in [1.54, 1.807) is 0 Å². The van der Waals surface area contributed by atoms with E-state index in [2.05, 4.69) is 41.2 Å². The van der Waals surface area contributed by atoms with Crippen molar-refractivity contribution < 1.29 is 0 Å². The van der Waals surface area contributed by atoms with Gasteiger partial charge in [0.15, 0.2) is 0 Å². The van der Waals surface area contributed by atoms with Crippen molar-refractivity contribution >= 4 is 27.3 Å². The molecule has 1 fully saturated rings. The summed E-state index contributed by atoms with van der Waals surface area (Å²) in [5, 5.41) is 3.64. The van der Waals surface area contributed by atoms with Crippen LogP contribution in [0, 0.1) is 12.8 Å². The maximum absolute atomic E-state index is 3.68. The molecule has 15 heavy (non-hydrogen) atoms. The van der Waals surface area contributed by atoms with Crippen molar-refractivity contribution in [3.8, 4) is 0 Å². The van der Waals surface area contributed by atoms with Crippen LogP contribution in [0.25, 0.3) is 0 Å². The smallest absolute Gasteiger partial charge is 0.0454 e. The number of hydrogen-bond acceptors (Lipinski definition) is 2. The quantitative estimate of drug-likeness (QED) is 0.872. The zero-order valence-corrected chi connectivity index (χ0v) is 11.7. The SMILES string of the molecule is CCNC(c1sc(C)cc1Br)C1CCC1. The predicted octanol–water partition coefficient (Wildman–Crippen LogP) is 4.27. The Morgan fingerprint density at radius 1 is 1.60 bits per heavy atom. The molecule has 1 N–H and O–H groups in total. The third kappa shape index (κ3) is 2.45. The van der Waals surface area contributed by atoms with Gasteiger partial charge in [0.1, 0.15) is 0 Å². The second-order valence-corrected chi connectivity index (χ2v) is 6.44. The lowest BCUT2D eigenvalue weighted by Gasteiger charge is -2.34. The van der Waals surface area contributed by atoms with Gasteiger partial charge >= 0.3 is 0 Å². The summed E-state index contributed by atoms with van der Waals surface area (Å²) in [7, 11) is 0. The van der Waals surface area contributed by atoms with E-state index < -0.39 is 0 Å². The summed E-state index contributed by atoms with van der Waals surface area (Å²) >= 11 is 5.61. The fourth-order valence-corrected chi connectivity index (χ4v) is 4.25. The Morgan fingerprint density at radius 2 is 2.33 bits per heavy atom. The van der Waals surface area contributed by atoms with E-state index in [-0.39, 0.29) is 0 Å². The number of hydrogen-bond donors (Lipinski definition) is 1. The Hall–Kier alpha value is 0.140. The van der Waals surface area contributed by atoms with Crippen molar-refractivity contribution in [1.29, 1.82) is 0 Å². The lowest BCUT2D eigenvalue weighted by Crippen LogP contribution is -2.31. The van der Waals surface area contributed by atoms with Crippen molar-refractivity contribution in [1.82, 2.24) is 5.32 Å². The van der Waals surface area contributed by atoms with Crippen molar-refractivity contribution in [3.05, 3.63) is 20.3 Å². The van der Waals surface area contributed by atoms with Gasteiger partial charge < -0.3 is 5.32 Å². The average Bonchev–Trinajstić information content (AvgIpc) is 2.41. The van der Waals surface area contributed by atoms with Gasteiger partial charge in [0.25, 0.3) is 0 Å². The van der Waals surface area contributed by atoms with Crippen LogP contribution in [0.1, 0.15) is 42.0 Å². The van der Waals surface area contributed by atoms with Crippen LogP contribution in [0.5, 0.6) is 0 Å². The predicted molar refractivity (Wildman–Crippen MR) is 70.5 cm³/mol. The van der Waals surface area contributed by atoms with Crippen LogP contribution in [-0.2, 0) is 0 Å². The van der Waals surface area contributed by atoms with Crippen molar-refractivity contribution in [2.45, 2.75) is 39.2 Å². The molecule has 84 valence electrons. The fraction of sp³-hybridized carbons (Fsp3) is 0.667. The molecule has 0 aliphatic heterocycles. The van der Waals surface area contributed by atoms with Gasteiger partial charge in [0.2, 0.25) is 0 Å². The number of rotatable bonds is 4. The maximum atomic E-state index is 3.68. The van der Waals surface area contributed by atoms with Gasteiger partial charge in [0, 0.05) is 20.3 Å². The molecule has 1 aliphatic rings. The van der Waals surface area contributed by atoms with Gasteiger partial charge in [0.05, 0.1) is 0 Å². The minimum Gasteiger partial charge on any atom is -0.309 e. The van der Waals surface area contributed by atoms with E-state index in [0.717, 1.165) is 12.5 Å². The summed E-state index contributed by atoms with van der Waals surface area (Å²) in [6.45, 7) is 5.44. The van der Waals surface area contributed by atoms with E-state index >= 15 is 0 Å². The van der Waals surface area contributed by atoms with Gasteiger partial charge in [-0.1, -0.05) is 13.3 Å². The Kier molecular flexibility index (Phi) is 3.86. The molecule has 1 saturated carbocycles. The number of nitrogens with one attached hydrogen (secondary N) is 1. The lowest BCUT2D eigenvalue weighted by atomic mass is 9.79. The van der Waals surface area contributed by atoms with Crippen LogP contribution in [0.2, 0.25) is 0 Å². The highest BCUT2D eigenvalue weighted by Crippen LogP contribution is 2.42. The fourth-order valence-electron chi connectivity index (χ4n) is 2.18. The highest BCUT2D eigenvalue weighted by atomic mass is 79.9. The summed E-state index contributed by atoms with van der Waals surface area (Å²) in [6.07, 6.45) is 4.19. The highest BCUT2D eigenvalue weighted by molar-refractivity contribution is 9.10. The van der Waals surface area contributed by atoms with Crippen LogP contribution >= 0.6 is 27.3 Å². The van der Waals surface area contributed by atoms with Crippen LogP contribution < -0.4 is 5.32 Å². The minimum absolute atomic E-state index is 0.580. The first kappa shape index (κ1) is 11.6. The minimum atomic E-state index is 0.580. The van der Waals surface area contributed by atoms with E-state index in [4.69, 9.17) is 0 Å². The molecule has 0 radical (unpaired) electrons. The van der Waals surface area contributed by atoms with Gasteiger partial charge in [-0.15, -0.1) is 11.3 Å². The molecule has 1 aromatic rings. The van der Waals surface area contributed by atoms with Crippen molar-refractivity contribution in [2.24, 2.45) is 5.92 Å². The summed E-state index contributed by atoms with van der Waals surface area (Å²) in [5.41, 5.74) is 0. The van der Waals surface area contributed by atoms with E-state index in [9.17, 15) is 0 Å². The second kappa shape index (κ2) is 4.98. The zero-order valence-electron chi connectivity index (χ0n) is 9.35. The number of thiophene rings is 1. The molecule has 0 spiro atoms. The zero-order chi connectivity index (χ0) is 10.8. The Morgan fingerprint density at radius 3 is 2.73 bits per heavy atom. The third-order valence-corrected chi connectivity index (χ3v) is 5.22. The molecule has 1 aromatic heterocycles. The van der Waals surface area contributed by atoms with Crippen LogP contribution in [-0.4, -0.2) is 6.54 Å². The van der Waals surface area contributed by atoms with Gasteiger partial charge in [-0.25, -0.2) is 0 Å². The molecule has 1 heterocycles. The number of halogens is 1. The lowest BCUT2D eigenvalue weighted by molar-refractivity contribution is 0.235. The molecule has 0 saturated heterocycles. The van der Waals surface area contributed by atoms with Gasteiger partial charge in [-0.05, 0) is 54.2 Å². The largest absolute Gasteiger partial charge is 0.309 e. The van der Waals surface area contributed by atoms with Crippen molar-refractivity contribution in [3.63, 3.8) is 0 Å². The van der Waals surface area contributed by atoms with Crippen LogP contribution in [0.3, 0.4) is 0 Å². The maximum Gasteiger partial charge on any atom is 0.0454 e.